The molecule has 0 radical (unpaired) electrons. The van der Waals surface area contributed by atoms with Crippen LogP contribution in [0.5, 0.6) is 0 Å². The number of ketones is 2. The molecule has 5 unspecified atom stereocenters. The van der Waals surface area contributed by atoms with Crippen LogP contribution >= 0.6 is 12.6 Å². The quantitative estimate of drug-likeness (QED) is 0.685. The van der Waals surface area contributed by atoms with E-state index in [-0.39, 0.29) is 16.1 Å². The van der Waals surface area contributed by atoms with Crippen molar-refractivity contribution in [1.82, 2.24) is 0 Å². The standard InChI is InChI=1S/C19H26O2S/c1-18-7-5-12(20)9-11(18)3-4-13-14(18)6-8-19(2)15(13)10-16(22)17(19)21/h9,13-16,22H,3-8,10H2,1-2H3/t13?,14?,15?,16-,18?,19?/m1/s1. The fraction of sp³-hybridized carbons (Fsp3) is 0.789. The molecule has 0 N–H and O–H groups in total. The Balaban J connectivity index is 1.70. The van der Waals surface area contributed by atoms with Gasteiger partial charge in [-0.05, 0) is 67.8 Å². The molecule has 0 amide bonds. The third-order valence-corrected chi connectivity index (χ3v) is 8.14. The van der Waals surface area contributed by atoms with Crippen LogP contribution in [0.4, 0.5) is 0 Å². The number of carbonyl (C=O) groups is 2. The summed E-state index contributed by atoms with van der Waals surface area (Å²) in [4.78, 5) is 24.4. The largest absolute Gasteiger partial charge is 0.298 e. The van der Waals surface area contributed by atoms with Crippen molar-refractivity contribution in [3.63, 3.8) is 0 Å². The maximum Gasteiger partial charge on any atom is 0.155 e. The number of Topliss-reactive ketones (excluding diaryl/α,β-unsaturated/α-hetero) is 1. The minimum atomic E-state index is -0.129. The van der Waals surface area contributed by atoms with Gasteiger partial charge in [-0.15, -0.1) is 0 Å². The summed E-state index contributed by atoms with van der Waals surface area (Å²) in [5.41, 5.74) is 1.48. The second-order valence-corrected chi connectivity index (χ2v) is 9.16. The molecule has 3 fully saturated rings. The number of hydrogen-bond acceptors (Lipinski definition) is 3. The lowest BCUT2D eigenvalue weighted by molar-refractivity contribution is -0.132. The van der Waals surface area contributed by atoms with Crippen LogP contribution in [0.2, 0.25) is 0 Å². The van der Waals surface area contributed by atoms with Gasteiger partial charge in [0.05, 0.1) is 5.25 Å². The Bertz CT molecular complexity index is 580. The van der Waals surface area contributed by atoms with Crippen molar-refractivity contribution in [2.45, 2.75) is 64.0 Å². The topological polar surface area (TPSA) is 34.1 Å². The van der Waals surface area contributed by atoms with E-state index in [2.05, 4.69) is 26.5 Å². The van der Waals surface area contributed by atoms with Crippen LogP contribution in [0.15, 0.2) is 11.6 Å². The average molecular weight is 318 g/mol. The fourth-order valence-electron chi connectivity index (χ4n) is 6.35. The summed E-state index contributed by atoms with van der Waals surface area (Å²) >= 11 is 4.57. The molecular weight excluding hydrogens is 292 g/mol. The Kier molecular flexibility index (Phi) is 3.21. The highest BCUT2D eigenvalue weighted by Crippen LogP contribution is 2.64. The number of carbonyl (C=O) groups excluding carboxylic acids is 2. The van der Waals surface area contributed by atoms with E-state index < -0.39 is 0 Å². The Morgan fingerprint density at radius 1 is 1.05 bits per heavy atom. The first-order chi connectivity index (χ1) is 10.4. The van der Waals surface area contributed by atoms with E-state index in [4.69, 9.17) is 0 Å². The van der Waals surface area contributed by atoms with Crippen LogP contribution in [0.3, 0.4) is 0 Å². The van der Waals surface area contributed by atoms with Crippen molar-refractivity contribution >= 4 is 24.2 Å². The van der Waals surface area contributed by atoms with Crippen LogP contribution < -0.4 is 0 Å². The Morgan fingerprint density at radius 2 is 1.82 bits per heavy atom. The third kappa shape index (κ3) is 1.81. The zero-order chi connectivity index (χ0) is 15.7. The highest BCUT2D eigenvalue weighted by Gasteiger charge is 2.60. The number of fused-ring (bicyclic) bond motifs is 5. The molecule has 22 heavy (non-hydrogen) atoms. The second kappa shape index (κ2) is 4.72. The molecule has 0 bridgehead atoms. The van der Waals surface area contributed by atoms with E-state index in [0.29, 0.717) is 35.7 Å². The molecule has 0 aromatic heterocycles. The van der Waals surface area contributed by atoms with Gasteiger partial charge < -0.3 is 0 Å². The molecule has 0 saturated heterocycles. The lowest BCUT2D eigenvalue weighted by Gasteiger charge is -2.56. The van der Waals surface area contributed by atoms with Crippen molar-refractivity contribution in [2.75, 3.05) is 0 Å². The van der Waals surface area contributed by atoms with Crippen LogP contribution in [-0.2, 0) is 9.59 Å². The highest BCUT2D eigenvalue weighted by atomic mass is 32.1. The Hall–Kier alpha value is -0.570. The summed E-state index contributed by atoms with van der Waals surface area (Å²) in [6, 6.07) is 0. The summed E-state index contributed by atoms with van der Waals surface area (Å²) in [7, 11) is 0. The van der Waals surface area contributed by atoms with E-state index in [1.807, 2.05) is 6.08 Å². The molecule has 3 saturated carbocycles. The number of allylic oxidation sites excluding steroid dienone is 1. The lowest BCUT2D eigenvalue weighted by atomic mass is 9.47. The molecule has 0 aromatic carbocycles. The van der Waals surface area contributed by atoms with E-state index >= 15 is 0 Å². The Labute approximate surface area is 138 Å². The number of thiol groups is 1. The van der Waals surface area contributed by atoms with Crippen molar-refractivity contribution in [3.05, 3.63) is 11.6 Å². The second-order valence-electron chi connectivity index (χ2n) is 8.54. The van der Waals surface area contributed by atoms with Gasteiger partial charge in [0, 0.05) is 11.8 Å². The van der Waals surface area contributed by atoms with E-state index in [1.54, 1.807) is 0 Å². The van der Waals surface area contributed by atoms with Crippen LogP contribution in [0.1, 0.15) is 58.8 Å². The molecule has 4 rings (SSSR count). The van der Waals surface area contributed by atoms with Gasteiger partial charge >= 0.3 is 0 Å². The zero-order valence-corrected chi connectivity index (χ0v) is 14.5. The molecule has 0 heterocycles. The van der Waals surface area contributed by atoms with Crippen molar-refractivity contribution in [1.29, 1.82) is 0 Å². The van der Waals surface area contributed by atoms with Crippen LogP contribution in [0.25, 0.3) is 0 Å². The number of rotatable bonds is 0. The highest BCUT2D eigenvalue weighted by molar-refractivity contribution is 7.81. The van der Waals surface area contributed by atoms with E-state index in [9.17, 15) is 9.59 Å². The zero-order valence-electron chi connectivity index (χ0n) is 13.6. The van der Waals surface area contributed by atoms with E-state index in [0.717, 1.165) is 38.5 Å². The maximum absolute atomic E-state index is 12.6. The SMILES string of the molecule is CC12CCC3C(CCC4=CC(=O)CCC43C)C1C[C@@H](S)C2=O. The molecule has 4 aliphatic rings. The molecule has 6 atom stereocenters. The molecule has 2 nitrogen and oxygen atoms in total. The van der Waals surface area contributed by atoms with E-state index in [1.165, 1.54) is 5.57 Å². The predicted octanol–water partition coefficient (Wildman–Crippen LogP) is 4.00. The summed E-state index contributed by atoms with van der Waals surface area (Å²) in [6.45, 7) is 4.59. The minimum absolute atomic E-state index is 0.0496. The van der Waals surface area contributed by atoms with Gasteiger partial charge in [0.25, 0.3) is 0 Å². The monoisotopic (exact) mass is 318 g/mol. The van der Waals surface area contributed by atoms with Crippen LogP contribution in [0, 0.1) is 28.6 Å². The molecular formula is C19H26O2S. The summed E-state index contributed by atoms with van der Waals surface area (Å²) < 4.78 is 0. The van der Waals surface area contributed by atoms with Gasteiger partial charge in [-0.2, -0.15) is 12.6 Å². The molecule has 0 spiro atoms. The average Bonchev–Trinajstić information content (AvgIpc) is 2.72. The summed E-state index contributed by atoms with van der Waals surface area (Å²) in [6.07, 6.45) is 9.02. The number of hydrogen-bond donors (Lipinski definition) is 1. The first-order valence-corrected chi connectivity index (χ1v) is 9.34. The van der Waals surface area contributed by atoms with Gasteiger partial charge in [0.2, 0.25) is 0 Å². The molecule has 3 heteroatoms. The third-order valence-electron chi connectivity index (χ3n) is 7.69. The smallest absolute Gasteiger partial charge is 0.155 e. The van der Waals surface area contributed by atoms with Crippen molar-refractivity contribution < 1.29 is 9.59 Å². The first-order valence-electron chi connectivity index (χ1n) is 8.82. The van der Waals surface area contributed by atoms with Crippen LogP contribution in [-0.4, -0.2) is 16.8 Å². The molecule has 0 aromatic rings. The normalized spacial score (nSPS) is 51.0. The van der Waals surface area contributed by atoms with Gasteiger partial charge in [0.15, 0.2) is 11.6 Å². The predicted molar refractivity (Wildman–Crippen MR) is 89.9 cm³/mol. The maximum atomic E-state index is 12.6. The molecule has 4 aliphatic carbocycles. The lowest BCUT2D eigenvalue weighted by Crippen LogP contribution is -2.50. The fourth-order valence-corrected chi connectivity index (χ4v) is 6.87. The van der Waals surface area contributed by atoms with Gasteiger partial charge in [-0.1, -0.05) is 19.4 Å². The van der Waals surface area contributed by atoms with Crippen molar-refractivity contribution in [3.8, 4) is 0 Å². The Morgan fingerprint density at radius 3 is 2.59 bits per heavy atom. The first kappa shape index (κ1) is 15.0. The van der Waals surface area contributed by atoms with Gasteiger partial charge in [0.1, 0.15) is 0 Å². The summed E-state index contributed by atoms with van der Waals surface area (Å²) in [5.74, 6) is 2.53. The van der Waals surface area contributed by atoms with Crippen molar-refractivity contribution in [2.24, 2.45) is 28.6 Å². The van der Waals surface area contributed by atoms with Gasteiger partial charge in [-0.3, -0.25) is 9.59 Å². The molecule has 120 valence electrons. The molecule has 0 aliphatic heterocycles. The minimum Gasteiger partial charge on any atom is -0.298 e. The van der Waals surface area contributed by atoms with Gasteiger partial charge in [-0.25, -0.2) is 0 Å². The summed E-state index contributed by atoms with van der Waals surface area (Å²) in [5, 5.41) is -0.0496.